The minimum absolute atomic E-state index is 0.381. The molecule has 4 heteroatoms. The number of aliphatic hydroxyl groups is 1. The highest BCUT2D eigenvalue weighted by Crippen LogP contribution is 2.20. The molecule has 0 aliphatic heterocycles. The third-order valence-electron chi connectivity index (χ3n) is 3.56. The van der Waals surface area contributed by atoms with Crippen molar-refractivity contribution < 1.29 is 15.0 Å². The Labute approximate surface area is 118 Å². The number of hydrogen-bond donors (Lipinski definition) is 2. The van der Waals surface area contributed by atoms with Gasteiger partial charge >= 0.3 is 5.97 Å². The van der Waals surface area contributed by atoms with Crippen LogP contribution < -0.4 is 0 Å². The molecule has 0 spiro atoms. The van der Waals surface area contributed by atoms with Crippen molar-refractivity contribution in [3.05, 3.63) is 48.0 Å². The summed E-state index contributed by atoms with van der Waals surface area (Å²) in [5.74, 6) is -0.991. The van der Waals surface area contributed by atoms with Crippen molar-refractivity contribution in [2.45, 2.75) is 19.5 Å². The van der Waals surface area contributed by atoms with Crippen molar-refractivity contribution >= 4 is 16.7 Å². The molecule has 20 heavy (non-hydrogen) atoms. The van der Waals surface area contributed by atoms with E-state index in [-0.39, 0.29) is 6.61 Å². The van der Waals surface area contributed by atoms with Crippen molar-refractivity contribution in [3.63, 3.8) is 0 Å². The van der Waals surface area contributed by atoms with E-state index in [4.69, 9.17) is 5.11 Å². The summed E-state index contributed by atoms with van der Waals surface area (Å²) >= 11 is 0. The number of carboxylic acids is 1. The Balaban J connectivity index is 2.32. The third kappa shape index (κ3) is 2.98. The van der Waals surface area contributed by atoms with Gasteiger partial charge in [0.1, 0.15) is 6.04 Å². The number of hydrogen-bond acceptors (Lipinski definition) is 3. The summed E-state index contributed by atoms with van der Waals surface area (Å²) in [5, 5.41) is 20.7. The maximum atomic E-state index is 11.2. The summed E-state index contributed by atoms with van der Waals surface area (Å²) < 4.78 is 0. The van der Waals surface area contributed by atoms with Crippen LogP contribution >= 0.6 is 0 Å². The van der Waals surface area contributed by atoms with Crippen LogP contribution in [-0.2, 0) is 11.3 Å². The quantitative estimate of drug-likeness (QED) is 0.846. The molecule has 0 saturated heterocycles. The van der Waals surface area contributed by atoms with Crippen LogP contribution in [0.1, 0.15) is 12.5 Å². The fraction of sp³-hybridized carbons (Fsp3) is 0.312. The Morgan fingerprint density at radius 3 is 2.55 bits per heavy atom. The van der Waals surface area contributed by atoms with Crippen LogP contribution in [0.2, 0.25) is 0 Å². The predicted octanol–water partition coefficient (Wildman–Crippen LogP) is 2.11. The molecular formula is C16H19NO3. The zero-order valence-electron chi connectivity index (χ0n) is 11.5. The Morgan fingerprint density at radius 2 is 1.90 bits per heavy atom. The number of likely N-dealkylation sites (N-methyl/N-ethyl adjacent to an activating group) is 1. The molecule has 0 amide bonds. The maximum Gasteiger partial charge on any atom is 0.323 e. The lowest BCUT2D eigenvalue weighted by Crippen LogP contribution is -2.43. The zero-order chi connectivity index (χ0) is 14.5. The second-order valence-electron chi connectivity index (χ2n) is 4.74. The number of fused-ring (bicyclic) bond motifs is 1. The number of carbonyl (C=O) groups is 1. The van der Waals surface area contributed by atoms with E-state index in [0.29, 0.717) is 13.1 Å². The van der Waals surface area contributed by atoms with Gasteiger partial charge in [-0.2, -0.15) is 0 Å². The number of nitrogens with zero attached hydrogens (tertiary/aromatic N) is 1. The molecule has 1 atom stereocenters. The van der Waals surface area contributed by atoms with Crippen LogP contribution in [0.25, 0.3) is 10.8 Å². The molecule has 0 bridgehead atoms. The smallest absolute Gasteiger partial charge is 0.323 e. The summed E-state index contributed by atoms with van der Waals surface area (Å²) in [4.78, 5) is 13.0. The second-order valence-corrected chi connectivity index (χ2v) is 4.74. The van der Waals surface area contributed by atoms with Crippen LogP contribution in [-0.4, -0.2) is 40.3 Å². The first-order chi connectivity index (χ1) is 9.67. The van der Waals surface area contributed by atoms with Gasteiger partial charge in [0.2, 0.25) is 0 Å². The van der Waals surface area contributed by atoms with E-state index in [1.165, 1.54) is 0 Å². The summed E-state index contributed by atoms with van der Waals surface area (Å²) in [6, 6.07) is 13.2. The summed E-state index contributed by atoms with van der Waals surface area (Å²) in [6.45, 7) is 2.60. The van der Waals surface area contributed by atoms with Gasteiger partial charge in [-0.05, 0) is 22.9 Å². The zero-order valence-corrected chi connectivity index (χ0v) is 11.5. The third-order valence-corrected chi connectivity index (χ3v) is 3.56. The highest BCUT2D eigenvalue weighted by Gasteiger charge is 2.23. The molecule has 0 aliphatic carbocycles. The number of aliphatic hydroxyl groups excluding tert-OH is 1. The number of carboxylic acid groups (broad SMARTS) is 1. The monoisotopic (exact) mass is 273 g/mol. The van der Waals surface area contributed by atoms with Crippen molar-refractivity contribution in [1.82, 2.24) is 4.90 Å². The van der Waals surface area contributed by atoms with E-state index in [2.05, 4.69) is 0 Å². The van der Waals surface area contributed by atoms with Crippen molar-refractivity contribution in [2.24, 2.45) is 0 Å². The Bertz CT molecular complexity index is 592. The van der Waals surface area contributed by atoms with E-state index in [1.807, 2.05) is 49.4 Å². The standard InChI is InChI=1S/C16H19NO3/c1-2-17(15(11-18)16(19)20)10-13-8-5-7-12-6-3-4-9-14(12)13/h3-9,15,18H,2,10-11H2,1H3,(H,19,20). The van der Waals surface area contributed by atoms with Gasteiger partial charge in [0.15, 0.2) is 0 Å². The molecule has 0 saturated carbocycles. The average Bonchev–Trinajstić information content (AvgIpc) is 2.46. The Hall–Kier alpha value is -1.91. The van der Waals surface area contributed by atoms with Crippen LogP contribution in [0.15, 0.2) is 42.5 Å². The molecule has 1 unspecified atom stereocenters. The second kappa shape index (κ2) is 6.50. The van der Waals surface area contributed by atoms with Gasteiger partial charge < -0.3 is 10.2 Å². The lowest BCUT2D eigenvalue weighted by Gasteiger charge is -2.26. The van der Waals surface area contributed by atoms with Gasteiger partial charge in [0.05, 0.1) is 6.61 Å². The first-order valence-electron chi connectivity index (χ1n) is 6.71. The molecule has 0 aliphatic rings. The molecule has 106 valence electrons. The van der Waals surface area contributed by atoms with Crippen LogP contribution in [0.3, 0.4) is 0 Å². The van der Waals surface area contributed by atoms with E-state index < -0.39 is 12.0 Å². The Kier molecular flexibility index (Phi) is 4.71. The number of rotatable bonds is 6. The normalized spacial score (nSPS) is 12.8. The lowest BCUT2D eigenvalue weighted by atomic mass is 10.0. The molecule has 2 rings (SSSR count). The summed E-state index contributed by atoms with van der Waals surface area (Å²) in [7, 11) is 0. The fourth-order valence-electron chi connectivity index (χ4n) is 2.44. The summed E-state index contributed by atoms with van der Waals surface area (Å²) in [6.07, 6.45) is 0. The lowest BCUT2D eigenvalue weighted by molar-refractivity contribution is -0.145. The molecule has 0 radical (unpaired) electrons. The number of benzene rings is 2. The van der Waals surface area contributed by atoms with Crippen molar-refractivity contribution in [1.29, 1.82) is 0 Å². The Morgan fingerprint density at radius 1 is 1.20 bits per heavy atom. The van der Waals surface area contributed by atoms with E-state index in [9.17, 15) is 9.90 Å². The van der Waals surface area contributed by atoms with Gasteiger partial charge in [-0.15, -0.1) is 0 Å². The molecule has 0 heterocycles. The van der Waals surface area contributed by atoms with Gasteiger partial charge in [-0.25, -0.2) is 0 Å². The van der Waals surface area contributed by atoms with Gasteiger partial charge in [-0.1, -0.05) is 49.4 Å². The minimum Gasteiger partial charge on any atom is -0.480 e. The summed E-state index contributed by atoms with van der Waals surface area (Å²) in [5.41, 5.74) is 1.07. The molecule has 4 nitrogen and oxygen atoms in total. The number of aliphatic carboxylic acids is 1. The molecule has 2 N–H and O–H groups in total. The molecular weight excluding hydrogens is 254 g/mol. The molecule has 2 aromatic carbocycles. The minimum atomic E-state index is -0.991. The van der Waals surface area contributed by atoms with Gasteiger partial charge in [0, 0.05) is 6.54 Å². The highest BCUT2D eigenvalue weighted by molar-refractivity contribution is 5.85. The van der Waals surface area contributed by atoms with Gasteiger partial charge in [0.25, 0.3) is 0 Å². The molecule has 0 aromatic heterocycles. The predicted molar refractivity (Wildman–Crippen MR) is 78.5 cm³/mol. The largest absolute Gasteiger partial charge is 0.480 e. The maximum absolute atomic E-state index is 11.2. The van der Waals surface area contributed by atoms with E-state index in [0.717, 1.165) is 16.3 Å². The van der Waals surface area contributed by atoms with Crippen molar-refractivity contribution in [2.75, 3.05) is 13.2 Å². The van der Waals surface area contributed by atoms with E-state index >= 15 is 0 Å². The van der Waals surface area contributed by atoms with Gasteiger partial charge in [-0.3, -0.25) is 9.69 Å². The average molecular weight is 273 g/mol. The van der Waals surface area contributed by atoms with Crippen LogP contribution in [0.4, 0.5) is 0 Å². The van der Waals surface area contributed by atoms with Crippen molar-refractivity contribution in [3.8, 4) is 0 Å². The first kappa shape index (κ1) is 14.5. The highest BCUT2D eigenvalue weighted by atomic mass is 16.4. The molecule has 0 fully saturated rings. The molecule has 2 aromatic rings. The first-order valence-corrected chi connectivity index (χ1v) is 6.71. The topological polar surface area (TPSA) is 60.8 Å². The van der Waals surface area contributed by atoms with E-state index in [1.54, 1.807) is 4.90 Å². The van der Waals surface area contributed by atoms with Crippen LogP contribution in [0.5, 0.6) is 0 Å². The van der Waals surface area contributed by atoms with Crippen LogP contribution in [0, 0.1) is 0 Å². The SMILES string of the molecule is CCN(Cc1cccc2ccccc12)C(CO)C(=O)O. The fourth-order valence-corrected chi connectivity index (χ4v) is 2.44.